The fraction of sp³-hybridized carbons (Fsp3) is 0.471. The van der Waals surface area contributed by atoms with E-state index in [4.69, 9.17) is 5.11 Å². The molecule has 1 aromatic rings. The summed E-state index contributed by atoms with van der Waals surface area (Å²) in [6.07, 6.45) is 5.03. The minimum atomic E-state index is -1.01. The molecule has 1 N–H and O–H groups in total. The highest BCUT2D eigenvalue weighted by Gasteiger charge is 2.51. The molecule has 1 aliphatic heterocycles. The number of rotatable bonds is 3. The zero-order valence-corrected chi connectivity index (χ0v) is 12.4. The molecule has 3 rings (SSSR count). The van der Waals surface area contributed by atoms with Crippen LogP contribution in [0.15, 0.2) is 24.3 Å². The number of amides is 2. The molecule has 1 heterocycles. The van der Waals surface area contributed by atoms with Gasteiger partial charge in [-0.15, -0.1) is 0 Å². The van der Waals surface area contributed by atoms with E-state index in [1.165, 1.54) is 17.0 Å². The van der Waals surface area contributed by atoms with Crippen LogP contribution in [0, 0.1) is 5.41 Å². The minimum Gasteiger partial charge on any atom is -0.478 e. The minimum absolute atomic E-state index is 0.0714. The highest BCUT2D eigenvalue weighted by Crippen LogP contribution is 2.45. The van der Waals surface area contributed by atoms with Gasteiger partial charge < -0.3 is 5.11 Å². The molecule has 2 aliphatic rings. The van der Waals surface area contributed by atoms with Crippen molar-refractivity contribution >= 4 is 17.8 Å². The van der Waals surface area contributed by atoms with Crippen LogP contribution in [0.3, 0.4) is 0 Å². The fourth-order valence-electron chi connectivity index (χ4n) is 3.62. The summed E-state index contributed by atoms with van der Waals surface area (Å²) in [7, 11) is 0. The number of hydrogen-bond acceptors (Lipinski definition) is 3. The van der Waals surface area contributed by atoms with Gasteiger partial charge in [-0.2, -0.15) is 0 Å². The summed E-state index contributed by atoms with van der Waals surface area (Å²) in [5.41, 5.74) is 0.359. The van der Waals surface area contributed by atoms with Crippen molar-refractivity contribution in [1.29, 1.82) is 0 Å². The molecule has 0 radical (unpaired) electrons. The first kappa shape index (κ1) is 14.8. The zero-order valence-electron chi connectivity index (χ0n) is 12.4. The van der Waals surface area contributed by atoms with E-state index < -0.39 is 11.4 Å². The number of carboxylic acids is 1. The summed E-state index contributed by atoms with van der Waals surface area (Å²) in [6, 6.07) is 6.41. The first-order chi connectivity index (χ1) is 10.5. The molecule has 5 nitrogen and oxygen atoms in total. The van der Waals surface area contributed by atoms with Crippen molar-refractivity contribution in [2.75, 3.05) is 0 Å². The molecule has 1 saturated carbocycles. The smallest absolute Gasteiger partial charge is 0.335 e. The van der Waals surface area contributed by atoms with Crippen molar-refractivity contribution in [2.24, 2.45) is 5.41 Å². The molecule has 1 saturated heterocycles. The van der Waals surface area contributed by atoms with Crippen molar-refractivity contribution in [3.05, 3.63) is 35.4 Å². The van der Waals surface area contributed by atoms with Gasteiger partial charge in [0, 0.05) is 6.42 Å². The Hall–Kier alpha value is -2.17. The van der Waals surface area contributed by atoms with Crippen LogP contribution in [0.5, 0.6) is 0 Å². The third-order valence-electron chi connectivity index (χ3n) is 4.81. The van der Waals surface area contributed by atoms with Gasteiger partial charge in [0.05, 0.1) is 17.5 Å². The van der Waals surface area contributed by atoms with Crippen molar-refractivity contribution in [1.82, 2.24) is 4.90 Å². The van der Waals surface area contributed by atoms with E-state index in [1.807, 2.05) is 0 Å². The van der Waals surface area contributed by atoms with Gasteiger partial charge >= 0.3 is 5.97 Å². The van der Waals surface area contributed by atoms with Crippen LogP contribution in [-0.2, 0) is 16.1 Å². The monoisotopic (exact) mass is 301 g/mol. The molecule has 1 spiro atoms. The Labute approximate surface area is 128 Å². The van der Waals surface area contributed by atoms with Crippen molar-refractivity contribution in [3.63, 3.8) is 0 Å². The summed E-state index contributed by atoms with van der Waals surface area (Å²) in [6.45, 7) is 0.167. The van der Waals surface area contributed by atoms with Gasteiger partial charge in [0.1, 0.15) is 0 Å². The van der Waals surface area contributed by atoms with Crippen molar-refractivity contribution in [2.45, 2.75) is 45.1 Å². The van der Waals surface area contributed by atoms with E-state index in [1.54, 1.807) is 12.1 Å². The highest BCUT2D eigenvalue weighted by molar-refractivity contribution is 6.05. The first-order valence-corrected chi connectivity index (χ1v) is 7.69. The number of benzene rings is 1. The Kier molecular flexibility index (Phi) is 3.72. The number of aromatic carboxylic acids is 1. The van der Waals surface area contributed by atoms with Gasteiger partial charge in [-0.1, -0.05) is 31.4 Å². The van der Waals surface area contributed by atoms with E-state index in [2.05, 4.69) is 0 Å². The Morgan fingerprint density at radius 3 is 2.59 bits per heavy atom. The molecule has 0 bridgehead atoms. The van der Waals surface area contributed by atoms with Crippen LogP contribution < -0.4 is 0 Å². The molecule has 116 valence electrons. The number of carbonyl (C=O) groups is 3. The largest absolute Gasteiger partial charge is 0.478 e. The molecule has 0 unspecified atom stereocenters. The number of likely N-dealkylation sites (tertiary alicyclic amines) is 1. The number of carboxylic acid groups (broad SMARTS) is 1. The second-order valence-electron chi connectivity index (χ2n) is 6.31. The number of nitrogens with zero attached hydrogens (tertiary/aromatic N) is 1. The second kappa shape index (κ2) is 5.55. The summed E-state index contributed by atoms with van der Waals surface area (Å²) in [5.74, 6) is -1.21. The summed E-state index contributed by atoms with van der Waals surface area (Å²) >= 11 is 0. The normalized spacial score (nSPS) is 20.6. The molecule has 2 amide bonds. The van der Waals surface area contributed by atoms with Gasteiger partial charge in [0.15, 0.2) is 0 Å². The molecule has 0 atom stereocenters. The van der Waals surface area contributed by atoms with Crippen LogP contribution in [0.25, 0.3) is 0 Å². The standard InChI is InChI=1S/C17H19NO4/c19-14-10-17(7-2-1-3-8-17)16(22)18(14)11-12-5-4-6-13(9-12)15(20)21/h4-6,9H,1-3,7-8,10-11H2,(H,20,21). The van der Waals surface area contributed by atoms with Crippen molar-refractivity contribution in [3.8, 4) is 0 Å². The lowest BCUT2D eigenvalue weighted by molar-refractivity contribution is -0.142. The Morgan fingerprint density at radius 2 is 1.91 bits per heavy atom. The third kappa shape index (κ3) is 2.51. The summed E-state index contributed by atoms with van der Waals surface area (Å²) < 4.78 is 0. The van der Waals surface area contributed by atoms with Crippen LogP contribution in [-0.4, -0.2) is 27.8 Å². The molecule has 1 aromatic carbocycles. The van der Waals surface area contributed by atoms with Gasteiger partial charge in [-0.25, -0.2) is 4.79 Å². The molecule has 0 aromatic heterocycles. The summed E-state index contributed by atoms with van der Waals surface area (Å²) in [5, 5.41) is 9.03. The molecule has 22 heavy (non-hydrogen) atoms. The van der Waals surface area contributed by atoms with Gasteiger partial charge in [0.2, 0.25) is 11.8 Å². The lowest BCUT2D eigenvalue weighted by atomic mass is 9.73. The highest BCUT2D eigenvalue weighted by atomic mass is 16.4. The van der Waals surface area contributed by atoms with Crippen LogP contribution in [0.2, 0.25) is 0 Å². The molecular formula is C17H19NO4. The first-order valence-electron chi connectivity index (χ1n) is 7.69. The molecule has 2 fully saturated rings. The van der Waals surface area contributed by atoms with E-state index in [-0.39, 0.29) is 23.9 Å². The van der Waals surface area contributed by atoms with E-state index in [9.17, 15) is 14.4 Å². The van der Waals surface area contributed by atoms with E-state index in [0.29, 0.717) is 12.0 Å². The van der Waals surface area contributed by atoms with Gasteiger partial charge in [0.25, 0.3) is 0 Å². The van der Waals surface area contributed by atoms with Gasteiger partial charge in [-0.3, -0.25) is 14.5 Å². The third-order valence-corrected chi connectivity index (χ3v) is 4.81. The maximum Gasteiger partial charge on any atom is 0.335 e. The number of hydrogen-bond donors (Lipinski definition) is 1. The SMILES string of the molecule is O=C(O)c1cccc(CN2C(=O)CC3(CCCCC3)C2=O)c1. The Balaban J connectivity index is 1.80. The predicted octanol–water partition coefficient (Wildman–Crippen LogP) is 2.59. The molecule has 1 aliphatic carbocycles. The molecular weight excluding hydrogens is 282 g/mol. The Morgan fingerprint density at radius 1 is 1.18 bits per heavy atom. The predicted molar refractivity (Wildman–Crippen MR) is 79.1 cm³/mol. The average molecular weight is 301 g/mol. The summed E-state index contributed by atoms with van der Waals surface area (Å²) in [4.78, 5) is 37.3. The average Bonchev–Trinajstić information content (AvgIpc) is 2.73. The molecule has 5 heteroatoms. The maximum atomic E-state index is 12.7. The fourth-order valence-corrected chi connectivity index (χ4v) is 3.62. The maximum absolute atomic E-state index is 12.7. The van der Waals surface area contributed by atoms with Crippen molar-refractivity contribution < 1.29 is 19.5 Å². The van der Waals surface area contributed by atoms with Crippen LogP contribution in [0.1, 0.15) is 54.4 Å². The lowest BCUT2D eigenvalue weighted by Crippen LogP contribution is -2.36. The topological polar surface area (TPSA) is 74.7 Å². The van der Waals surface area contributed by atoms with Crippen LogP contribution in [0.4, 0.5) is 0 Å². The zero-order chi connectivity index (χ0) is 15.7. The Bertz CT molecular complexity index is 631. The lowest BCUT2D eigenvalue weighted by Gasteiger charge is -2.30. The van der Waals surface area contributed by atoms with Crippen LogP contribution >= 0.6 is 0 Å². The number of carbonyl (C=O) groups excluding carboxylic acids is 2. The van der Waals surface area contributed by atoms with E-state index >= 15 is 0 Å². The quantitative estimate of drug-likeness (QED) is 0.871. The van der Waals surface area contributed by atoms with Gasteiger partial charge in [-0.05, 0) is 30.5 Å². The van der Waals surface area contributed by atoms with E-state index in [0.717, 1.165) is 32.1 Å². The number of imide groups is 1. The second-order valence-corrected chi connectivity index (χ2v) is 6.31.